The van der Waals surface area contributed by atoms with Crippen molar-refractivity contribution >= 4 is 25.8 Å². The first-order valence-corrected chi connectivity index (χ1v) is 11.3. The summed E-state index contributed by atoms with van der Waals surface area (Å²) in [5, 5.41) is 0. The Morgan fingerprint density at radius 3 is 2.60 bits per heavy atom. The monoisotopic (exact) mass is 388 g/mol. The van der Waals surface area contributed by atoms with Crippen LogP contribution in [0.5, 0.6) is 0 Å². The van der Waals surface area contributed by atoms with E-state index < -0.39 is 25.9 Å². The number of nitrogens with one attached hydrogen (secondary N) is 1. The van der Waals surface area contributed by atoms with Gasteiger partial charge in [0.25, 0.3) is 5.91 Å². The Labute approximate surface area is 147 Å². The molecule has 1 amide bonds. The Hall–Kier alpha value is -1.49. The van der Waals surface area contributed by atoms with Crippen LogP contribution in [0.15, 0.2) is 29.2 Å². The fourth-order valence-electron chi connectivity index (χ4n) is 2.92. The average Bonchev–Trinajstić information content (AvgIpc) is 2.93. The number of sulfone groups is 1. The SMILES string of the molecule is O=C(c1cccc(S(=O)(=O)NC2CCS(=O)(=O)C2)c1)N1CCOCC1. The lowest BCUT2D eigenvalue weighted by atomic mass is 10.2. The van der Waals surface area contributed by atoms with Gasteiger partial charge in [0.2, 0.25) is 10.0 Å². The average molecular weight is 388 g/mol. The van der Waals surface area contributed by atoms with E-state index in [1.165, 1.54) is 18.2 Å². The first-order valence-electron chi connectivity index (χ1n) is 7.97. The molecule has 2 aliphatic rings. The van der Waals surface area contributed by atoms with Crippen molar-refractivity contribution < 1.29 is 26.4 Å². The molecule has 1 unspecified atom stereocenters. The van der Waals surface area contributed by atoms with E-state index >= 15 is 0 Å². The third-order valence-electron chi connectivity index (χ3n) is 4.24. The number of hydrogen-bond acceptors (Lipinski definition) is 6. The second-order valence-corrected chi connectivity index (χ2v) is 10.1. The van der Waals surface area contributed by atoms with Gasteiger partial charge in [-0.2, -0.15) is 0 Å². The van der Waals surface area contributed by atoms with Crippen molar-refractivity contribution in [2.75, 3.05) is 37.8 Å². The Bertz CT molecular complexity index is 860. The molecule has 0 aromatic heterocycles. The highest BCUT2D eigenvalue weighted by Gasteiger charge is 2.31. The number of nitrogens with zero attached hydrogens (tertiary/aromatic N) is 1. The van der Waals surface area contributed by atoms with Crippen LogP contribution in [0.2, 0.25) is 0 Å². The molecule has 0 spiro atoms. The van der Waals surface area contributed by atoms with Crippen LogP contribution in [0.25, 0.3) is 0 Å². The molecule has 2 aliphatic heterocycles. The van der Waals surface area contributed by atoms with Crippen molar-refractivity contribution in [1.82, 2.24) is 9.62 Å². The van der Waals surface area contributed by atoms with Gasteiger partial charge >= 0.3 is 0 Å². The molecule has 1 N–H and O–H groups in total. The van der Waals surface area contributed by atoms with Gasteiger partial charge in [-0.1, -0.05) is 6.07 Å². The first kappa shape index (κ1) is 18.3. The van der Waals surface area contributed by atoms with E-state index in [0.29, 0.717) is 26.3 Å². The van der Waals surface area contributed by atoms with Crippen molar-refractivity contribution in [2.45, 2.75) is 17.4 Å². The topological polar surface area (TPSA) is 110 Å². The molecule has 0 bridgehead atoms. The zero-order valence-electron chi connectivity index (χ0n) is 13.5. The highest BCUT2D eigenvalue weighted by molar-refractivity contribution is 7.92. The Morgan fingerprint density at radius 2 is 1.96 bits per heavy atom. The predicted molar refractivity (Wildman–Crippen MR) is 90.5 cm³/mol. The Morgan fingerprint density at radius 1 is 1.24 bits per heavy atom. The van der Waals surface area contributed by atoms with Gasteiger partial charge in [-0.05, 0) is 24.6 Å². The summed E-state index contributed by atoms with van der Waals surface area (Å²) >= 11 is 0. The summed E-state index contributed by atoms with van der Waals surface area (Å²) in [6.45, 7) is 1.85. The molecule has 2 saturated heterocycles. The van der Waals surface area contributed by atoms with Crippen LogP contribution in [0.4, 0.5) is 0 Å². The number of carbonyl (C=O) groups excluding carboxylic acids is 1. The van der Waals surface area contributed by atoms with Crippen molar-refractivity contribution in [3.8, 4) is 0 Å². The smallest absolute Gasteiger partial charge is 0.254 e. The number of rotatable bonds is 4. The summed E-state index contributed by atoms with van der Waals surface area (Å²) in [5.74, 6) is -0.460. The van der Waals surface area contributed by atoms with E-state index in [9.17, 15) is 21.6 Å². The molecule has 10 heteroatoms. The minimum absolute atomic E-state index is 0.0181. The van der Waals surface area contributed by atoms with Crippen molar-refractivity contribution in [3.63, 3.8) is 0 Å². The van der Waals surface area contributed by atoms with E-state index in [1.807, 2.05) is 0 Å². The van der Waals surface area contributed by atoms with Gasteiger partial charge < -0.3 is 9.64 Å². The van der Waals surface area contributed by atoms with Crippen LogP contribution < -0.4 is 4.72 Å². The zero-order valence-corrected chi connectivity index (χ0v) is 15.2. The summed E-state index contributed by atoms with van der Waals surface area (Å²) in [7, 11) is -7.08. The summed E-state index contributed by atoms with van der Waals surface area (Å²) in [5.41, 5.74) is 0.281. The minimum Gasteiger partial charge on any atom is -0.378 e. The number of morpholine rings is 1. The highest BCUT2D eigenvalue weighted by atomic mass is 32.2. The predicted octanol–water partition coefficient (Wildman–Crippen LogP) is -0.376. The molecule has 2 heterocycles. The number of sulfonamides is 1. The number of carbonyl (C=O) groups is 1. The molecule has 138 valence electrons. The molecule has 25 heavy (non-hydrogen) atoms. The number of hydrogen-bond donors (Lipinski definition) is 1. The van der Waals surface area contributed by atoms with Crippen molar-refractivity contribution in [1.29, 1.82) is 0 Å². The zero-order chi connectivity index (χ0) is 18.1. The molecule has 1 aromatic rings. The van der Waals surface area contributed by atoms with E-state index in [-0.39, 0.29) is 34.3 Å². The summed E-state index contributed by atoms with van der Waals surface area (Å²) in [6.07, 6.45) is 0.258. The fourth-order valence-corrected chi connectivity index (χ4v) is 6.02. The van der Waals surface area contributed by atoms with E-state index in [0.717, 1.165) is 0 Å². The van der Waals surface area contributed by atoms with Gasteiger partial charge in [0, 0.05) is 24.7 Å². The van der Waals surface area contributed by atoms with Crippen LogP contribution in [-0.4, -0.2) is 71.5 Å². The van der Waals surface area contributed by atoms with E-state index in [2.05, 4.69) is 4.72 Å². The quantitative estimate of drug-likeness (QED) is 0.753. The molecular weight excluding hydrogens is 368 g/mol. The van der Waals surface area contributed by atoms with Gasteiger partial charge in [-0.15, -0.1) is 0 Å². The summed E-state index contributed by atoms with van der Waals surface area (Å²) < 4.78 is 55.6. The normalized spacial score (nSPS) is 23.5. The number of benzene rings is 1. The molecule has 3 rings (SSSR count). The lowest BCUT2D eigenvalue weighted by molar-refractivity contribution is 0.0302. The lowest BCUT2D eigenvalue weighted by Gasteiger charge is -2.27. The van der Waals surface area contributed by atoms with Crippen LogP contribution in [0.3, 0.4) is 0 Å². The molecular formula is C15H20N2O6S2. The molecule has 2 fully saturated rings. The van der Waals surface area contributed by atoms with Crippen molar-refractivity contribution in [2.24, 2.45) is 0 Å². The summed E-state index contributed by atoms with van der Waals surface area (Å²) in [6, 6.07) is 5.16. The molecule has 0 aliphatic carbocycles. The van der Waals surface area contributed by atoms with Gasteiger partial charge in [0.15, 0.2) is 9.84 Å². The second-order valence-electron chi connectivity index (χ2n) is 6.15. The summed E-state index contributed by atoms with van der Waals surface area (Å²) in [4.78, 5) is 14.1. The third-order valence-corrected chi connectivity index (χ3v) is 7.53. The standard InChI is InChI=1S/C15H20N2O6S2/c18-15(17-5-7-23-8-6-17)12-2-1-3-14(10-12)25(21,22)16-13-4-9-24(19,20)11-13/h1-3,10,13,16H,4-9,11H2. The van der Waals surface area contributed by atoms with Crippen LogP contribution >= 0.6 is 0 Å². The van der Waals surface area contributed by atoms with Crippen molar-refractivity contribution in [3.05, 3.63) is 29.8 Å². The van der Waals surface area contributed by atoms with Crippen LogP contribution in [0.1, 0.15) is 16.8 Å². The maximum atomic E-state index is 12.5. The highest BCUT2D eigenvalue weighted by Crippen LogP contribution is 2.18. The van der Waals surface area contributed by atoms with Gasteiger partial charge in [0.1, 0.15) is 0 Å². The first-order chi connectivity index (χ1) is 11.8. The number of amides is 1. The molecule has 0 saturated carbocycles. The molecule has 0 radical (unpaired) electrons. The maximum Gasteiger partial charge on any atom is 0.254 e. The lowest BCUT2D eigenvalue weighted by Crippen LogP contribution is -2.40. The maximum absolute atomic E-state index is 12.5. The fraction of sp³-hybridized carbons (Fsp3) is 0.533. The Balaban J connectivity index is 1.77. The van der Waals surface area contributed by atoms with Crippen LogP contribution in [0, 0.1) is 0 Å². The van der Waals surface area contributed by atoms with Gasteiger partial charge in [0.05, 0.1) is 29.6 Å². The van der Waals surface area contributed by atoms with Crippen LogP contribution in [-0.2, 0) is 24.6 Å². The largest absolute Gasteiger partial charge is 0.378 e. The van der Waals surface area contributed by atoms with E-state index in [4.69, 9.17) is 4.74 Å². The molecule has 8 nitrogen and oxygen atoms in total. The van der Waals surface area contributed by atoms with Gasteiger partial charge in [-0.3, -0.25) is 4.79 Å². The third kappa shape index (κ3) is 4.38. The Kier molecular flexibility index (Phi) is 5.14. The second kappa shape index (κ2) is 7.02. The van der Waals surface area contributed by atoms with Gasteiger partial charge in [-0.25, -0.2) is 21.6 Å². The van der Waals surface area contributed by atoms with E-state index in [1.54, 1.807) is 11.0 Å². The number of ether oxygens (including phenoxy) is 1. The minimum atomic E-state index is -3.89. The molecule has 1 atom stereocenters. The molecule has 1 aromatic carbocycles.